The van der Waals surface area contributed by atoms with Gasteiger partial charge < -0.3 is 4.90 Å². The predicted molar refractivity (Wildman–Crippen MR) is 43.4 cm³/mol. The summed E-state index contributed by atoms with van der Waals surface area (Å²) in [5.74, 6) is -4.31. The molecule has 1 rings (SSSR count). The first-order valence-corrected chi connectivity index (χ1v) is 3.70. The minimum Gasteiger partial charge on any atom is -0.360 e. The summed E-state index contributed by atoms with van der Waals surface area (Å²) in [5, 5.41) is -0.928. The highest BCUT2D eigenvalue weighted by atomic mass is 35.5. The Balaban J connectivity index is 3.41. The number of hydrogen-bond donors (Lipinski definition) is 0. The molecule has 0 N–H and O–H groups in total. The van der Waals surface area contributed by atoms with Crippen LogP contribution in [0.25, 0.3) is 0 Å². The normalized spacial score (nSPS) is 10.3. The lowest BCUT2D eigenvalue weighted by Crippen LogP contribution is -2.15. The van der Waals surface area contributed by atoms with E-state index in [-0.39, 0.29) is 0 Å². The van der Waals surface area contributed by atoms with Crippen molar-refractivity contribution in [3.8, 4) is 0 Å². The average molecular weight is 211 g/mol. The molecular formula is C7H6ClF3N2. The highest BCUT2D eigenvalue weighted by Crippen LogP contribution is 2.25. The summed E-state index contributed by atoms with van der Waals surface area (Å²) in [4.78, 5) is 4.30. The van der Waals surface area contributed by atoms with E-state index in [2.05, 4.69) is 4.98 Å². The lowest BCUT2D eigenvalue weighted by atomic mass is 10.4. The van der Waals surface area contributed by atoms with Crippen LogP contribution >= 0.6 is 11.6 Å². The maximum atomic E-state index is 13.0. The summed E-state index contributed by atoms with van der Waals surface area (Å²) in [6.45, 7) is 0. The molecule has 72 valence electrons. The molecule has 0 bridgehead atoms. The molecule has 0 saturated carbocycles. The summed E-state index contributed by atoms with van der Waals surface area (Å²) in [6, 6.07) is 0. The van der Waals surface area contributed by atoms with E-state index >= 15 is 0 Å². The first-order valence-electron chi connectivity index (χ1n) is 3.32. The number of hydrogen-bond acceptors (Lipinski definition) is 2. The molecule has 0 aliphatic carbocycles. The van der Waals surface area contributed by atoms with Crippen molar-refractivity contribution >= 4 is 17.4 Å². The molecule has 6 heteroatoms. The molecular weight excluding hydrogens is 205 g/mol. The van der Waals surface area contributed by atoms with Crippen molar-refractivity contribution in [3.05, 3.63) is 22.6 Å². The zero-order valence-corrected chi connectivity index (χ0v) is 7.66. The minimum absolute atomic E-state index is 0.417. The van der Waals surface area contributed by atoms with E-state index in [1.165, 1.54) is 14.1 Å². The Hall–Kier alpha value is -0.970. The largest absolute Gasteiger partial charge is 0.360 e. The van der Waals surface area contributed by atoms with Gasteiger partial charge in [0.2, 0.25) is 11.8 Å². The maximum Gasteiger partial charge on any atom is 0.236 e. The van der Waals surface area contributed by atoms with Gasteiger partial charge in [-0.2, -0.15) is 13.8 Å². The zero-order valence-electron chi connectivity index (χ0n) is 6.91. The van der Waals surface area contributed by atoms with Gasteiger partial charge in [0.15, 0.2) is 11.6 Å². The summed E-state index contributed by atoms with van der Waals surface area (Å²) < 4.78 is 38.5. The van der Waals surface area contributed by atoms with Crippen LogP contribution in [0.3, 0.4) is 0 Å². The Labute approximate surface area is 77.9 Å². The number of anilines is 1. The second kappa shape index (κ2) is 3.41. The predicted octanol–water partition coefficient (Wildman–Crippen LogP) is 2.22. The van der Waals surface area contributed by atoms with Crippen molar-refractivity contribution in [1.29, 1.82) is 0 Å². The number of pyridine rings is 1. The van der Waals surface area contributed by atoms with Gasteiger partial charge in [0.05, 0.1) is 0 Å². The van der Waals surface area contributed by atoms with Crippen LogP contribution in [0.15, 0.2) is 0 Å². The SMILES string of the molecule is CN(C)c1nc(F)c(Cl)c(F)c1F. The van der Waals surface area contributed by atoms with Crippen LogP contribution < -0.4 is 4.90 Å². The molecule has 0 atom stereocenters. The Morgan fingerprint density at radius 2 is 1.69 bits per heavy atom. The molecule has 1 aromatic heterocycles. The van der Waals surface area contributed by atoms with E-state index in [1.807, 2.05) is 0 Å². The minimum atomic E-state index is -1.42. The highest BCUT2D eigenvalue weighted by Gasteiger charge is 2.19. The van der Waals surface area contributed by atoms with E-state index in [0.29, 0.717) is 0 Å². The second-order valence-corrected chi connectivity index (χ2v) is 2.94. The monoisotopic (exact) mass is 210 g/mol. The molecule has 1 heterocycles. The number of nitrogens with zero attached hydrogens (tertiary/aromatic N) is 2. The van der Waals surface area contributed by atoms with Crippen LogP contribution in [0.1, 0.15) is 0 Å². The molecule has 0 spiro atoms. The van der Waals surface area contributed by atoms with Crippen LogP contribution in [-0.2, 0) is 0 Å². The van der Waals surface area contributed by atoms with Crippen LogP contribution in [0.2, 0.25) is 5.02 Å². The quantitative estimate of drug-likeness (QED) is 0.661. The molecule has 0 radical (unpaired) electrons. The van der Waals surface area contributed by atoms with Gasteiger partial charge >= 0.3 is 0 Å². The van der Waals surface area contributed by atoms with Crippen molar-refractivity contribution in [1.82, 2.24) is 4.98 Å². The Kier molecular flexibility index (Phi) is 2.66. The molecule has 0 aromatic carbocycles. The van der Waals surface area contributed by atoms with E-state index in [1.54, 1.807) is 0 Å². The molecule has 1 aromatic rings. The molecule has 0 aliphatic heterocycles. The van der Waals surface area contributed by atoms with Crippen molar-refractivity contribution in [3.63, 3.8) is 0 Å². The van der Waals surface area contributed by atoms with Crippen molar-refractivity contribution in [2.24, 2.45) is 0 Å². The standard InChI is InChI=1S/C7H6ClF3N2/c1-13(2)7-5(10)4(9)3(8)6(11)12-7/h1-2H3. The van der Waals surface area contributed by atoms with Gasteiger partial charge in [-0.1, -0.05) is 11.6 Å². The topological polar surface area (TPSA) is 16.1 Å². The van der Waals surface area contributed by atoms with Crippen LogP contribution in [-0.4, -0.2) is 19.1 Å². The summed E-state index contributed by atoms with van der Waals surface area (Å²) in [5.41, 5.74) is 0. The average Bonchev–Trinajstić information content (AvgIpc) is 2.07. The lowest BCUT2D eigenvalue weighted by molar-refractivity contribution is 0.480. The molecule has 0 unspecified atom stereocenters. The second-order valence-electron chi connectivity index (χ2n) is 2.56. The van der Waals surface area contributed by atoms with Crippen molar-refractivity contribution < 1.29 is 13.2 Å². The van der Waals surface area contributed by atoms with Gasteiger partial charge in [-0.3, -0.25) is 0 Å². The van der Waals surface area contributed by atoms with Gasteiger partial charge in [-0.15, -0.1) is 0 Å². The molecule has 2 nitrogen and oxygen atoms in total. The molecule has 0 saturated heterocycles. The third kappa shape index (κ3) is 1.70. The summed E-state index contributed by atoms with van der Waals surface area (Å²) in [7, 11) is 2.83. The smallest absolute Gasteiger partial charge is 0.236 e. The number of halogens is 4. The Morgan fingerprint density at radius 1 is 1.15 bits per heavy atom. The van der Waals surface area contributed by atoms with E-state index in [4.69, 9.17) is 11.6 Å². The Bertz CT molecular complexity index is 341. The van der Waals surface area contributed by atoms with Crippen LogP contribution in [0.4, 0.5) is 19.0 Å². The molecule has 13 heavy (non-hydrogen) atoms. The highest BCUT2D eigenvalue weighted by molar-refractivity contribution is 6.30. The fourth-order valence-corrected chi connectivity index (χ4v) is 0.898. The first-order chi connectivity index (χ1) is 5.95. The van der Waals surface area contributed by atoms with Crippen molar-refractivity contribution in [2.45, 2.75) is 0 Å². The third-order valence-electron chi connectivity index (χ3n) is 1.39. The van der Waals surface area contributed by atoms with Gasteiger partial charge in [0.25, 0.3) is 0 Å². The molecule has 0 amide bonds. The van der Waals surface area contributed by atoms with E-state index in [0.717, 1.165) is 4.90 Å². The first kappa shape index (κ1) is 10.1. The maximum absolute atomic E-state index is 13.0. The van der Waals surface area contributed by atoms with Crippen LogP contribution in [0.5, 0.6) is 0 Å². The third-order valence-corrected chi connectivity index (χ3v) is 1.71. The van der Waals surface area contributed by atoms with Gasteiger partial charge in [-0.25, -0.2) is 4.39 Å². The summed E-state index contributed by atoms with van der Waals surface area (Å²) in [6.07, 6.45) is 0. The van der Waals surface area contributed by atoms with E-state index in [9.17, 15) is 13.2 Å². The fourth-order valence-electron chi connectivity index (χ4n) is 0.773. The molecule has 0 aliphatic rings. The number of aromatic nitrogens is 1. The van der Waals surface area contributed by atoms with Crippen LogP contribution in [0, 0.1) is 17.6 Å². The van der Waals surface area contributed by atoms with Gasteiger partial charge in [0, 0.05) is 14.1 Å². The fraction of sp³-hybridized carbons (Fsp3) is 0.286. The zero-order chi connectivity index (χ0) is 10.2. The van der Waals surface area contributed by atoms with Gasteiger partial charge in [-0.05, 0) is 0 Å². The number of rotatable bonds is 1. The Morgan fingerprint density at radius 3 is 2.15 bits per heavy atom. The van der Waals surface area contributed by atoms with Gasteiger partial charge in [0.1, 0.15) is 5.02 Å². The summed E-state index contributed by atoms with van der Waals surface area (Å²) >= 11 is 5.09. The van der Waals surface area contributed by atoms with Crippen molar-refractivity contribution in [2.75, 3.05) is 19.0 Å². The molecule has 0 fully saturated rings. The van der Waals surface area contributed by atoms with E-state index < -0.39 is 28.4 Å². The lowest BCUT2D eigenvalue weighted by Gasteiger charge is -2.12.